The van der Waals surface area contributed by atoms with Crippen molar-refractivity contribution in [3.05, 3.63) is 29.3 Å². The number of hydrogen-bond acceptors (Lipinski definition) is 5. The molecule has 0 aromatic heterocycles. The van der Waals surface area contributed by atoms with Crippen LogP contribution in [0.4, 0.5) is 5.69 Å². The fourth-order valence-electron chi connectivity index (χ4n) is 4.23. The van der Waals surface area contributed by atoms with Crippen molar-refractivity contribution in [1.82, 2.24) is 4.90 Å². The summed E-state index contributed by atoms with van der Waals surface area (Å²) in [5, 5.41) is 0. The summed E-state index contributed by atoms with van der Waals surface area (Å²) < 4.78 is 30.5. The van der Waals surface area contributed by atoms with Gasteiger partial charge >= 0.3 is 5.97 Å². The lowest BCUT2D eigenvalue weighted by atomic mass is 9.97. The van der Waals surface area contributed by atoms with Crippen molar-refractivity contribution in [1.29, 1.82) is 0 Å². The molecule has 0 spiro atoms. The Morgan fingerprint density at radius 2 is 1.82 bits per heavy atom. The van der Waals surface area contributed by atoms with Gasteiger partial charge in [0, 0.05) is 18.6 Å². The van der Waals surface area contributed by atoms with Gasteiger partial charge in [0.1, 0.15) is 0 Å². The number of aryl methyl sites for hydroxylation is 1. The van der Waals surface area contributed by atoms with Crippen molar-refractivity contribution in [2.45, 2.75) is 58.0 Å². The Morgan fingerprint density at radius 3 is 2.46 bits per heavy atom. The van der Waals surface area contributed by atoms with Crippen molar-refractivity contribution >= 4 is 27.6 Å². The van der Waals surface area contributed by atoms with Crippen LogP contribution in [0.1, 0.15) is 55.5 Å². The monoisotopic (exact) mass is 408 g/mol. The quantitative estimate of drug-likeness (QED) is 0.714. The zero-order valence-corrected chi connectivity index (χ0v) is 17.5. The molecule has 2 atom stereocenters. The molecule has 0 unspecified atom stereocenters. The minimum absolute atomic E-state index is 0.153. The number of rotatable bonds is 4. The van der Waals surface area contributed by atoms with Gasteiger partial charge in [-0.3, -0.25) is 9.10 Å². The predicted molar refractivity (Wildman–Crippen MR) is 107 cm³/mol. The van der Waals surface area contributed by atoms with E-state index in [1.807, 2.05) is 18.7 Å². The summed E-state index contributed by atoms with van der Waals surface area (Å²) in [4.78, 5) is 26.8. The Kier molecular flexibility index (Phi) is 5.98. The summed E-state index contributed by atoms with van der Waals surface area (Å²) in [6.45, 7) is 4.20. The van der Waals surface area contributed by atoms with E-state index in [0.717, 1.165) is 24.8 Å². The first-order valence-electron chi connectivity index (χ1n) is 9.77. The lowest BCUT2D eigenvalue weighted by Gasteiger charge is -2.38. The van der Waals surface area contributed by atoms with Crippen molar-refractivity contribution in [2.75, 3.05) is 23.7 Å². The highest BCUT2D eigenvalue weighted by atomic mass is 32.2. The van der Waals surface area contributed by atoms with Crippen LogP contribution in [-0.2, 0) is 26.0 Å². The third-order valence-corrected chi connectivity index (χ3v) is 6.78. The number of benzene rings is 1. The zero-order chi connectivity index (χ0) is 20.5. The Labute approximate surface area is 166 Å². The summed E-state index contributed by atoms with van der Waals surface area (Å²) in [6.07, 6.45) is 5.60. The molecular weight excluding hydrogens is 380 g/mol. The van der Waals surface area contributed by atoms with E-state index in [2.05, 4.69) is 0 Å². The molecule has 0 N–H and O–H groups in total. The minimum atomic E-state index is -3.35. The minimum Gasteiger partial charge on any atom is -0.452 e. The predicted octanol–water partition coefficient (Wildman–Crippen LogP) is 2.35. The maximum Gasteiger partial charge on any atom is 0.338 e. The molecule has 1 amide bonds. The molecule has 0 aliphatic carbocycles. The average Bonchev–Trinajstić information content (AvgIpc) is 2.64. The van der Waals surface area contributed by atoms with Gasteiger partial charge < -0.3 is 9.64 Å². The Hall–Kier alpha value is -2.09. The van der Waals surface area contributed by atoms with Gasteiger partial charge in [-0.2, -0.15) is 0 Å². The summed E-state index contributed by atoms with van der Waals surface area (Å²) in [5.41, 5.74) is 1.75. The number of hydrogen-bond donors (Lipinski definition) is 0. The summed E-state index contributed by atoms with van der Waals surface area (Å²) in [5.74, 6) is -0.737. The lowest BCUT2D eigenvalue weighted by Crippen LogP contribution is -2.49. The molecule has 154 valence electrons. The third-order valence-electron chi connectivity index (χ3n) is 5.60. The van der Waals surface area contributed by atoms with Gasteiger partial charge in [-0.05, 0) is 69.7 Å². The number of esters is 1. The number of piperidine rings is 1. The summed E-state index contributed by atoms with van der Waals surface area (Å²) >= 11 is 0. The van der Waals surface area contributed by atoms with Gasteiger partial charge in [-0.1, -0.05) is 0 Å². The van der Waals surface area contributed by atoms with Crippen LogP contribution < -0.4 is 4.31 Å². The number of carbonyl (C=O) groups is 2. The first-order chi connectivity index (χ1) is 13.2. The van der Waals surface area contributed by atoms with Crippen molar-refractivity contribution in [2.24, 2.45) is 0 Å². The first kappa shape index (κ1) is 20.6. The molecule has 2 aliphatic rings. The highest BCUT2D eigenvalue weighted by molar-refractivity contribution is 7.92. The third kappa shape index (κ3) is 4.32. The zero-order valence-electron chi connectivity index (χ0n) is 16.7. The number of anilines is 1. The summed E-state index contributed by atoms with van der Waals surface area (Å²) in [6, 6.07) is 5.18. The molecule has 0 saturated carbocycles. The maximum absolute atomic E-state index is 12.5. The van der Waals surface area contributed by atoms with Gasteiger partial charge in [-0.25, -0.2) is 13.2 Å². The highest BCUT2D eigenvalue weighted by Crippen LogP contribution is 2.30. The topological polar surface area (TPSA) is 84.0 Å². The van der Waals surface area contributed by atoms with Crippen LogP contribution >= 0.6 is 0 Å². The molecule has 1 fully saturated rings. The van der Waals surface area contributed by atoms with Gasteiger partial charge in [-0.15, -0.1) is 0 Å². The fourth-order valence-corrected chi connectivity index (χ4v) is 5.23. The largest absolute Gasteiger partial charge is 0.452 e. The number of likely N-dealkylation sites (tertiary alicyclic amines) is 1. The second-order valence-electron chi connectivity index (χ2n) is 7.79. The first-order valence-corrected chi connectivity index (χ1v) is 11.6. The number of ether oxygens (including phenoxy) is 1. The van der Waals surface area contributed by atoms with Crippen LogP contribution in [0, 0.1) is 0 Å². The van der Waals surface area contributed by atoms with E-state index in [1.54, 1.807) is 18.2 Å². The van der Waals surface area contributed by atoms with Gasteiger partial charge in [0.2, 0.25) is 10.0 Å². The number of sulfonamides is 1. The van der Waals surface area contributed by atoms with Crippen LogP contribution in [0.25, 0.3) is 0 Å². The molecule has 0 bridgehead atoms. The van der Waals surface area contributed by atoms with Crippen LogP contribution in [0.3, 0.4) is 0 Å². The van der Waals surface area contributed by atoms with E-state index in [4.69, 9.17) is 4.74 Å². The second-order valence-corrected chi connectivity index (χ2v) is 9.70. The maximum atomic E-state index is 12.5. The van der Waals surface area contributed by atoms with E-state index >= 15 is 0 Å². The highest BCUT2D eigenvalue weighted by Gasteiger charge is 2.30. The Morgan fingerprint density at radius 1 is 1.14 bits per heavy atom. The van der Waals surface area contributed by atoms with Crippen molar-refractivity contribution < 1.29 is 22.7 Å². The lowest BCUT2D eigenvalue weighted by molar-refractivity contribution is -0.140. The van der Waals surface area contributed by atoms with Crippen LogP contribution in [-0.4, -0.2) is 56.7 Å². The molecule has 2 heterocycles. The molecule has 2 aliphatic heterocycles. The Balaban J connectivity index is 1.68. The molecule has 3 rings (SSSR count). The second kappa shape index (κ2) is 8.11. The number of amides is 1. The van der Waals surface area contributed by atoms with E-state index in [-0.39, 0.29) is 24.6 Å². The molecule has 28 heavy (non-hydrogen) atoms. The SMILES string of the molecule is C[C@@H]1CCC[C@@H](C)N1C(=O)COC(=O)c1ccc2c(c1)CCCN2S(C)(=O)=O. The van der Waals surface area contributed by atoms with Crippen molar-refractivity contribution in [3.63, 3.8) is 0 Å². The molecule has 8 heteroatoms. The molecule has 7 nitrogen and oxygen atoms in total. The van der Waals surface area contributed by atoms with Crippen LogP contribution in [0.2, 0.25) is 0 Å². The normalized spacial score (nSPS) is 22.5. The van der Waals surface area contributed by atoms with E-state index in [0.29, 0.717) is 30.6 Å². The van der Waals surface area contributed by atoms with Gasteiger partial charge in [0.15, 0.2) is 6.61 Å². The van der Waals surface area contributed by atoms with Crippen molar-refractivity contribution in [3.8, 4) is 0 Å². The Bertz CT molecular complexity index is 857. The van der Waals surface area contributed by atoms with Gasteiger partial charge in [0.05, 0.1) is 17.5 Å². The number of nitrogens with zero attached hydrogens (tertiary/aromatic N) is 2. The fraction of sp³-hybridized carbons (Fsp3) is 0.600. The molecule has 1 aromatic rings. The number of fused-ring (bicyclic) bond motifs is 1. The smallest absolute Gasteiger partial charge is 0.338 e. The summed E-state index contributed by atoms with van der Waals surface area (Å²) in [7, 11) is -3.35. The number of carbonyl (C=O) groups excluding carboxylic acids is 2. The molecule has 1 aromatic carbocycles. The average molecular weight is 409 g/mol. The standard InChI is InChI=1S/C20H28N2O5S/c1-14-6-4-7-15(2)22(14)19(23)13-27-20(24)17-9-10-18-16(12-17)8-5-11-21(18)28(3,25)26/h9-10,12,14-15H,4-8,11,13H2,1-3H3/t14-,15-/m1/s1. The van der Waals surface area contributed by atoms with E-state index in [9.17, 15) is 18.0 Å². The molecular formula is C20H28N2O5S. The molecule has 1 saturated heterocycles. The molecule has 0 radical (unpaired) electrons. The van der Waals surface area contributed by atoms with Crippen LogP contribution in [0.5, 0.6) is 0 Å². The van der Waals surface area contributed by atoms with Gasteiger partial charge in [0.25, 0.3) is 5.91 Å². The van der Waals surface area contributed by atoms with Crippen LogP contribution in [0.15, 0.2) is 18.2 Å². The van der Waals surface area contributed by atoms with E-state index in [1.165, 1.54) is 10.6 Å². The van der Waals surface area contributed by atoms with E-state index < -0.39 is 16.0 Å².